The summed E-state index contributed by atoms with van der Waals surface area (Å²) in [6.07, 6.45) is 1.74. The van der Waals surface area contributed by atoms with Crippen LogP contribution in [0.25, 0.3) is 11.4 Å². The Morgan fingerprint density at radius 2 is 2.00 bits per heavy atom. The van der Waals surface area contributed by atoms with Crippen LogP contribution in [0.3, 0.4) is 0 Å². The summed E-state index contributed by atoms with van der Waals surface area (Å²) < 4.78 is 11.4. The quantitative estimate of drug-likeness (QED) is 0.790. The van der Waals surface area contributed by atoms with E-state index in [4.69, 9.17) is 21.1 Å². The molecular weight excluding hydrogens is 393 g/mol. The second-order valence-corrected chi connectivity index (χ2v) is 5.34. The summed E-state index contributed by atoms with van der Waals surface area (Å²) in [6.45, 7) is 0. The molecule has 0 saturated heterocycles. The van der Waals surface area contributed by atoms with E-state index in [2.05, 4.69) is 37.9 Å². The molecule has 1 aromatic carbocycles. The molecule has 0 amide bonds. The van der Waals surface area contributed by atoms with Crippen molar-refractivity contribution in [3.63, 3.8) is 0 Å². The Morgan fingerprint density at radius 1 is 1.25 bits per heavy atom. The molecule has 1 heterocycles. The van der Waals surface area contributed by atoms with Crippen molar-refractivity contribution in [3.8, 4) is 22.9 Å². The highest BCUT2D eigenvalue weighted by atomic mass is 127. The van der Waals surface area contributed by atoms with Crippen LogP contribution in [0.1, 0.15) is 0 Å². The van der Waals surface area contributed by atoms with E-state index in [1.807, 2.05) is 13.1 Å². The van der Waals surface area contributed by atoms with E-state index in [9.17, 15) is 0 Å². The molecule has 2 aromatic rings. The molecule has 20 heavy (non-hydrogen) atoms. The van der Waals surface area contributed by atoms with Crippen molar-refractivity contribution < 1.29 is 9.47 Å². The van der Waals surface area contributed by atoms with E-state index in [0.717, 1.165) is 9.39 Å². The molecular formula is C13H13ClIN3O2. The lowest BCUT2D eigenvalue weighted by atomic mass is 10.2. The van der Waals surface area contributed by atoms with Crippen LogP contribution in [-0.4, -0.2) is 31.2 Å². The first-order chi connectivity index (χ1) is 9.62. The maximum Gasteiger partial charge on any atom is 0.180 e. The summed E-state index contributed by atoms with van der Waals surface area (Å²) in [5.74, 6) is 2.32. The van der Waals surface area contributed by atoms with Crippen molar-refractivity contribution >= 4 is 40.0 Å². The van der Waals surface area contributed by atoms with Crippen LogP contribution in [0.4, 0.5) is 5.82 Å². The van der Waals surface area contributed by atoms with Gasteiger partial charge < -0.3 is 14.8 Å². The number of rotatable bonds is 4. The normalized spacial score (nSPS) is 10.2. The van der Waals surface area contributed by atoms with E-state index >= 15 is 0 Å². The van der Waals surface area contributed by atoms with Gasteiger partial charge in [0.25, 0.3) is 0 Å². The molecule has 0 aliphatic heterocycles. The van der Waals surface area contributed by atoms with Gasteiger partial charge in [-0.2, -0.15) is 0 Å². The topological polar surface area (TPSA) is 56.3 Å². The van der Waals surface area contributed by atoms with Gasteiger partial charge in [0.2, 0.25) is 0 Å². The highest BCUT2D eigenvalue weighted by Crippen LogP contribution is 2.40. The number of hydrogen-bond donors (Lipinski definition) is 1. The molecule has 0 aliphatic carbocycles. The molecule has 0 aliphatic rings. The molecule has 1 N–H and O–H groups in total. The lowest BCUT2D eigenvalue weighted by Crippen LogP contribution is -2.00. The minimum Gasteiger partial charge on any atom is -0.493 e. The van der Waals surface area contributed by atoms with Gasteiger partial charge in [-0.05, 0) is 34.7 Å². The van der Waals surface area contributed by atoms with Crippen molar-refractivity contribution in [3.05, 3.63) is 26.9 Å². The molecule has 0 radical (unpaired) electrons. The number of benzene rings is 1. The Kier molecular flexibility index (Phi) is 4.87. The Bertz CT molecular complexity index is 637. The Morgan fingerprint density at radius 3 is 2.60 bits per heavy atom. The van der Waals surface area contributed by atoms with Gasteiger partial charge in [0.05, 0.1) is 22.8 Å². The Hall–Kier alpha value is -1.28. The van der Waals surface area contributed by atoms with E-state index in [-0.39, 0.29) is 0 Å². The molecule has 0 unspecified atom stereocenters. The van der Waals surface area contributed by atoms with E-state index in [0.29, 0.717) is 27.9 Å². The minimum atomic E-state index is 0.426. The van der Waals surface area contributed by atoms with E-state index in [1.54, 1.807) is 26.5 Å². The first-order valence-corrected chi connectivity index (χ1v) is 7.19. The molecule has 7 heteroatoms. The van der Waals surface area contributed by atoms with Crippen molar-refractivity contribution in [1.29, 1.82) is 0 Å². The number of anilines is 1. The fraction of sp³-hybridized carbons (Fsp3) is 0.231. The molecule has 0 bridgehead atoms. The van der Waals surface area contributed by atoms with Crippen LogP contribution < -0.4 is 14.8 Å². The van der Waals surface area contributed by atoms with Gasteiger partial charge in [0.15, 0.2) is 17.3 Å². The van der Waals surface area contributed by atoms with Crippen molar-refractivity contribution in [1.82, 2.24) is 9.97 Å². The van der Waals surface area contributed by atoms with Crippen molar-refractivity contribution in [2.75, 3.05) is 26.6 Å². The monoisotopic (exact) mass is 405 g/mol. The molecule has 106 valence electrons. The van der Waals surface area contributed by atoms with E-state index < -0.39 is 0 Å². The number of ether oxygens (including phenoxy) is 2. The lowest BCUT2D eigenvalue weighted by molar-refractivity contribution is 0.355. The summed E-state index contributed by atoms with van der Waals surface area (Å²) in [5, 5.41) is 3.44. The van der Waals surface area contributed by atoms with Crippen molar-refractivity contribution in [2.45, 2.75) is 0 Å². The number of nitrogens with one attached hydrogen (secondary N) is 1. The summed E-state index contributed by atoms with van der Waals surface area (Å²) in [4.78, 5) is 8.75. The van der Waals surface area contributed by atoms with Crippen LogP contribution in [0.15, 0.2) is 18.3 Å². The maximum absolute atomic E-state index is 6.36. The summed E-state index contributed by atoms with van der Waals surface area (Å²) in [6, 6.07) is 3.59. The largest absolute Gasteiger partial charge is 0.493 e. The number of hydrogen-bond acceptors (Lipinski definition) is 5. The van der Waals surface area contributed by atoms with Crippen LogP contribution in [0.5, 0.6) is 11.5 Å². The molecule has 0 spiro atoms. The predicted molar refractivity (Wildman–Crippen MR) is 87.8 cm³/mol. The van der Waals surface area contributed by atoms with Gasteiger partial charge in [0.1, 0.15) is 5.82 Å². The SMILES string of the molecule is CNc1nc(-c2ccc(OC)c(OC)c2Cl)ncc1I. The molecule has 2 rings (SSSR count). The second-order valence-electron chi connectivity index (χ2n) is 3.80. The molecule has 1 aromatic heterocycles. The van der Waals surface area contributed by atoms with Crippen LogP contribution in [0, 0.1) is 3.57 Å². The third-order valence-electron chi connectivity index (χ3n) is 2.71. The van der Waals surface area contributed by atoms with Crippen LogP contribution in [0.2, 0.25) is 5.02 Å². The molecule has 0 fully saturated rings. The highest BCUT2D eigenvalue weighted by Gasteiger charge is 2.16. The third-order valence-corrected chi connectivity index (χ3v) is 3.87. The van der Waals surface area contributed by atoms with Crippen LogP contribution >= 0.6 is 34.2 Å². The Labute approximate surface area is 135 Å². The van der Waals surface area contributed by atoms with Crippen LogP contribution in [-0.2, 0) is 0 Å². The average Bonchev–Trinajstić information content (AvgIpc) is 2.47. The zero-order valence-electron chi connectivity index (χ0n) is 11.2. The number of halogens is 2. The fourth-order valence-electron chi connectivity index (χ4n) is 1.73. The number of nitrogens with zero attached hydrogens (tertiary/aromatic N) is 2. The lowest BCUT2D eigenvalue weighted by Gasteiger charge is -2.12. The first-order valence-electron chi connectivity index (χ1n) is 5.73. The minimum absolute atomic E-state index is 0.426. The summed E-state index contributed by atoms with van der Waals surface area (Å²) in [5.41, 5.74) is 0.692. The predicted octanol–water partition coefficient (Wildman–Crippen LogP) is 3.46. The summed E-state index contributed by atoms with van der Waals surface area (Å²) >= 11 is 8.52. The van der Waals surface area contributed by atoms with E-state index in [1.165, 1.54) is 0 Å². The van der Waals surface area contributed by atoms with Gasteiger partial charge in [-0.25, -0.2) is 9.97 Å². The average molecular weight is 406 g/mol. The number of aromatic nitrogens is 2. The standard InChI is InChI=1S/C13H13ClIN3O2/c1-16-13-8(15)6-17-12(18-13)7-4-5-9(19-2)11(20-3)10(7)14/h4-6H,1-3H3,(H,16,17,18). The molecule has 5 nitrogen and oxygen atoms in total. The Balaban J connectivity index is 2.58. The fourth-order valence-corrected chi connectivity index (χ4v) is 2.58. The first kappa shape index (κ1) is 15.1. The number of methoxy groups -OCH3 is 2. The zero-order chi connectivity index (χ0) is 14.7. The maximum atomic E-state index is 6.36. The zero-order valence-corrected chi connectivity index (χ0v) is 14.1. The van der Waals surface area contributed by atoms with Gasteiger partial charge >= 0.3 is 0 Å². The second kappa shape index (κ2) is 6.45. The molecule has 0 saturated carbocycles. The molecule has 0 atom stereocenters. The third kappa shape index (κ3) is 2.76. The smallest absolute Gasteiger partial charge is 0.180 e. The van der Waals surface area contributed by atoms with Gasteiger partial charge in [-0.3, -0.25) is 0 Å². The highest BCUT2D eigenvalue weighted by molar-refractivity contribution is 14.1. The van der Waals surface area contributed by atoms with Gasteiger partial charge in [-0.15, -0.1) is 0 Å². The van der Waals surface area contributed by atoms with Gasteiger partial charge in [0, 0.05) is 18.8 Å². The van der Waals surface area contributed by atoms with Crippen molar-refractivity contribution in [2.24, 2.45) is 0 Å². The summed E-state index contributed by atoms with van der Waals surface area (Å²) in [7, 11) is 4.92. The van der Waals surface area contributed by atoms with Gasteiger partial charge in [-0.1, -0.05) is 11.6 Å².